The number of aliphatic carboxylic acids is 1. The summed E-state index contributed by atoms with van der Waals surface area (Å²) < 4.78 is 0.785. The Balaban J connectivity index is 2.78. The largest absolute Gasteiger partial charge is 0.481 e. The third-order valence-corrected chi connectivity index (χ3v) is 4.42. The van der Waals surface area contributed by atoms with Crippen LogP contribution < -0.4 is 0 Å². The summed E-state index contributed by atoms with van der Waals surface area (Å²) >= 11 is 4.69. The molecule has 0 bridgehead atoms. The second kappa shape index (κ2) is 6.37. The van der Waals surface area contributed by atoms with E-state index < -0.39 is 18.0 Å². The minimum Gasteiger partial charge on any atom is -0.481 e. The van der Waals surface area contributed by atoms with Gasteiger partial charge < -0.3 is 10.2 Å². The van der Waals surface area contributed by atoms with Gasteiger partial charge in [-0.3, -0.25) is 4.79 Å². The summed E-state index contributed by atoms with van der Waals surface area (Å²) in [5, 5.41) is 21.0. The second-order valence-electron chi connectivity index (χ2n) is 3.66. The van der Waals surface area contributed by atoms with Gasteiger partial charge in [-0.1, -0.05) is 19.8 Å². The molecule has 0 fully saturated rings. The highest BCUT2D eigenvalue weighted by atomic mass is 79.9. The highest BCUT2D eigenvalue weighted by Crippen LogP contribution is 2.35. The van der Waals surface area contributed by atoms with Crippen LogP contribution in [0, 0.1) is 5.92 Å². The Morgan fingerprint density at radius 3 is 2.75 bits per heavy atom. The van der Waals surface area contributed by atoms with Crippen LogP contribution in [0.25, 0.3) is 0 Å². The van der Waals surface area contributed by atoms with Crippen LogP contribution in [0.4, 0.5) is 0 Å². The Morgan fingerprint density at radius 1 is 1.62 bits per heavy atom. The zero-order chi connectivity index (χ0) is 12.1. The maximum Gasteiger partial charge on any atom is 0.309 e. The lowest BCUT2D eigenvalue weighted by Gasteiger charge is -2.18. The molecule has 0 amide bonds. The minimum atomic E-state index is -0.929. The summed E-state index contributed by atoms with van der Waals surface area (Å²) in [5.74, 6) is -1.64. The maximum atomic E-state index is 11.1. The third-order valence-electron chi connectivity index (χ3n) is 2.48. The van der Waals surface area contributed by atoms with Gasteiger partial charge in [0.2, 0.25) is 0 Å². The number of carbonyl (C=O) groups is 1. The summed E-state index contributed by atoms with van der Waals surface area (Å²) in [7, 11) is 0. The molecule has 2 N–H and O–H groups in total. The molecule has 2 atom stereocenters. The van der Waals surface area contributed by atoms with E-state index in [-0.39, 0.29) is 0 Å². The fourth-order valence-corrected chi connectivity index (χ4v) is 3.20. The van der Waals surface area contributed by atoms with Crippen molar-refractivity contribution < 1.29 is 15.0 Å². The predicted molar refractivity (Wildman–Crippen MR) is 67.6 cm³/mol. The number of unbranched alkanes of at least 4 members (excludes halogenated alkanes) is 1. The molecule has 1 heterocycles. The Labute approximate surface area is 107 Å². The third kappa shape index (κ3) is 3.30. The van der Waals surface area contributed by atoms with Crippen molar-refractivity contribution in [3.05, 3.63) is 20.8 Å². The van der Waals surface area contributed by atoms with E-state index in [1.807, 2.05) is 18.4 Å². The number of rotatable bonds is 6. The average Bonchev–Trinajstić information content (AvgIpc) is 2.64. The van der Waals surface area contributed by atoms with Crippen molar-refractivity contribution in [1.29, 1.82) is 0 Å². The fourth-order valence-electron chi connectivity index (χ4n) is 1.54. The minimum absolute atomic E-state index is 0.511. The molecule has 1 aromatic rings. The fraction of sp³-hybridized carbons (Fsp3) is 0.545. The normalized spacial score (nSPS) is 14.7. The molecule has 0 saturated heterocycles. The average molecular weight is 307 g/mol. The molecule has 1 aromatic heterocycles. The molecule has 0 aliphatic rings. The Hall–Kier alpha value is -0.390. The molecule has 0 aromatic carbocycles. The molecule has 0 aliphatic heterocycles. The Morgan fingerprint density at radius 2 is 2.31 bits per heavy atom. The van der Waals surface area contributed by atoms with Crippen LogP contribution in [0.3, 0.4) is 0 Å². The van der Waals surface area contributed by atoms with Crippen LogP contribution in [0.5, 0.6) is 0 Å². The van der Waals surface area contributed by atoms with Crippen molar-refractivity contribution in [2.45, 2.75) is 32.3 Å². The summed E-state index contributed by atoms with van der Waals surface area (Å²) in [5.41, 5.74) is 0. The molecule has 1 rings (SSSR count). The highest BCUT2D eigenvalue weighted by molar-refractivity contribution is 9.10. The van der Waals surface area contributed by atoms with E-state index in [1.165, 1.54) is 11.3 Å². The first-order valence-corrected chi connectivity index (χ1v) is 6.89. The number of aliphatic hydroxyl groups excluding tert-OH is 1. The summed E-state index contributed by atoms with van der Waals surface area (Å²) in [6, 6.07) is 1.82. The zero-order valence-corrected chi connectivity index (χ0v) is 11.4. The number of carboxylic acid groups (broad SMARTS) is 1. The SMILES string of the molecule is CCCCC(C(=O)O)C(O)c1sccc1Br. The topological polar surface area (TPSA) is 57.5 Å². The van der Waals surface area contributed by atoms with Crippen LogP contribution in [0.1, 0.15) is 37.2 Å². The van der Waals surface area contributed by atoms with Crippen molar-refractivity contribution in [2.24, 2.45) is 5.92 Å². The zero-order valence-electron chi connectivity index (χ0n) is 9.02. The first kappa shape index (κ1) is 13.7. The summed E-state index contributed by atoms with van der Waals surface area (Å²) in [6.07, 6.45) is 1.34. The van der Waals surface area contributed by atoms with Crippen LogP contribution in [0.15, 0.2) is 15.9 Å². The molecule has 2 unspecified atom stereocenters. The van der Waals surface area contributed by atoms with Crippen molar-refractivity contribution in [3.8, 4) is 0 Å². The van der Waals surface area contributed by atoms with E-state index in [9.17, 15) is 9.90 Å². The van der Waals surface area contributed by atoms with Gasteiger partial charge in [0.05, 0.1) is 5.92 Å². The molecule has 0 radical (unpaired) electrons. The number of carboxylic acids is 1. The molecule has 16 heavy (non-hydrogen) atoms. The highest BCUT2D eigenvalue weighted by Gasteiger charge is 2.29. The lowest BCUT2D eigenvalue weighted by molar-refractivity contribution is -0.146. The van der Waals surface area contributed by atoms with E-state index in [0.717, 1.165) is 17.3 Å². The maximum absolute atomic E-state index is 11.1. The number of thiophene rings is 1. The molecule has 0 saturated carbocycles. The molecular formula is C11H15BrO3S. The van der Waals surface area contributed by atoms with Crippen LogP contribution in [-0.2, 0) is 4.79 Å². The van der Waals surface area contributed by atoms with Gasteiger partial charge >= 0.3 is 5.97 Å². The number of aliphatic hydroxyl groups is 1. The van der Waals surface area contributed by atoms with E-state index in [1.54, 1.807) is 0 Å². The lowest BCUT2D eigenvalue weighted by atomic mass is 9.95. The molecule has 0 aliphatic carbocycles. The standard InChI is InChI=1S/C11H15BrO3S/c1-2-3-4-7(11(14)15)9(13)10-8(12)5-6-16-10/h5-7,9,13H,2-4H2,1H3,(H,14,15). The van der Waals surface area contributed by atoms with Crippen molar-refractivity contribution in [2.75, 3.05) is 0 Å². The number of halogens is 1. The molecular weight excluding hydrogens is 292 g/mol. The second-order valence-corrected chi connectivity index (χ2v) is 5.47. The van der Waals surface area contributed by atoms with Gasteiger partial charge in [0.25, 0.3) is 0 Å². The molecule has 3 nitrogen and oxygen atoms in total. The Bertz CT molecular complexity index is 351. The monoisotopic (exact) mass is 306 g/mol. The molecule has 90 valence electrons. The Kier molecular flexibility index (Phi) is 5.44. The van der Waals surface area contributed by atoms with Gasteiger partial charge in [0.1, 0.15) is 6.10 Å². The van der Waals surface area contributed by atoms with Crippen LogP contribution in [0.2, 0.25) is 0 Å². The summed E-state index contributed by atoms with van der Waals surface area (Å²) in [4.78, 5) is 11.8. The number of hydrogen-bond acceptors (Lipinski definition) is 3. The lowest BCUT2D eigenvalue weighted by Crippen LogP contribution is -2.21. The van der Waals surface area contributed by atoms with E-state index in [2.05, 4.69) is 15.9 Å². The van der Waals surface area contributed by atoms with E-state index >= 15 is 0 Å². The van der Waals surface area contributed by atoms with Gasteiger partial charge in [-0.05, 0) is 33.8 Å². The molecule has 5 heteroatoms. The van der Waals surface area contributed by atoms with Crippen molar-refractivity contribution >= 4 is 33.2 Å². The predicted octanol–water partition coefficient (Wildman–Crippen LogP) is 3.44. The number of hydrogen-bond donors (Lipinski definition) is 2. The van der Waals surface area contributed by atoms with E-state index in [4.69, 9.17) is 5.11 Å². The van der Waals surface area contributed by atoms with Crippen molar-refractivity contribution in [3.63, 3.8) is 0 Å². The molecule has 0 spiro atoms. The summed E-state index contributed by atoms with van der Waals surface area (Å²) in [6.45, 7) is 2.01. The van der Waals surface area contributed by atoms with Crippen LogP contribution >= 0.6 is 27.3 Å². The first-order chi connectivity index (χ1) is 7.57. The van der Waals surface area contributed by atoms with Gasteiger partial charge in [-0.2, -0.15) is 0 Å². The van der Waals surface area contributed by atoms with Gasteiger partial charge in [-0.25, -0.2) is 0 Å². The van der Waals surface area contributed by atoms with Gasteiger partial charge in [0, 0.05) is 9.35 Å². The van der Waals surface area contributed by atoms with Gasteiger partial charge in [0.15, 0.2) is 0 Å². The first-order valence-electron chi connectivity index (χ1n) is 5.21. The smallest absolute Gasteiger partial charge is 0.309 e. The van der Waals surface area contributed by atoms with Crippen LogP contribution in [-0.4, -0.2) is 16.2 Å². The quantitative estimate of drug-likeness (QED) is 0.846. The van der Waals surface area contributed by atoms with E-state index in [0.29, 0.717) is 11.3 Å². The van der Waals surface area contributed by atoms with Crippen molar-refractivity contribution in [1.82, 2.24) is 0 Å². The van der Waals surface area contributed by atoms with Gasteiger partial charge in [-0.15, -0.1) is 11.3 Å².